The highest BCUT2D eigenvalue weighted by molar-refractivity contribution is 5.78. The molecule has 1 fully saturated rings. The molecule has 0 aromatic heterocycles. The van der Waals surface area contributed by atoms with Gasteiger partial charge in [-0.2, -0.15) is 0 Å². The number of carbonyl (C=O) groups excluding carboxylic acids is 1. The summed E-state index contributed by atoms with van der Waals surface area (Å²) in [6.07, 6.45) is 7.08. The lowest BCUT2D eigenvalue weighted by Crippen LogP contribution is -2.37. The van der Waals surface area contributed by atoms with E-state index in [0.29, 0.717) is 5.92 Å². The van der Waals surface area contributed by atoms with E-state index in [9.17, 15) is 4.79 Å². The van der Waals surface area contributed by atoms with Gasteiger partial charge in [-0.3, -0.25) is 4.79 Å². The Morgan fingerprint density at radius 1 is 1.35 bits per heavy atom. The smallest absolute Gasteiger partial charge is 0.222 e. The second-order valence-corrected chi connectivity index (χ2v) is 5.34. The molecule has 0 radical (unpaired) electrons. The molecule has 1 saturated heterocycles. The van der Waals surface area contributed by atoms with Gasteiger partial charge in [-0.05, 0) is 38.3 Å². The summed E-state index contributed by atoms with van der Waals surface area (Å²) in [5, 5.41) is 6.46. The molecule has 3 heteroatoms. The van der Waals surface area contributed by atoms with E-state index in [1.807, 2.05) is 6.92 Å². The van der Waals surface area contributed by atoms with Crippen molar-refractivity contribution in [2.45, 2.75) is 52.4 Å². The zero-order chi connectivity index (χ0) is 12.5. The third kappa shape index (κ3) is 6.06. The van der Waals surface area contributed by atoms with Crippen LogP contribution in [-0.4, -0.2) is 25.5 Å². The molecule has 17 heavy (non-hydrogen) atoms. The standard InChI is InChI=1S/C14H28N2O/c1-3-4-5-6-12(2)14(17)16-11-13-7-9-15-10-8-13/h12-13,15H,3-11H2,1-2H3,(H,16,17). The molecular weight excluding hydrogens is 212 g/mol. The van der Waals surface area contributed by atoms with Crippen LogP contribution in [0.2, 0.25) is 0 Å². The van der Waals surface area contributed by atoms with Crippen molar-refractivity contribution in [1.29, 1.82) is 0 Å². The maximum Gasteiger partial charge on any atom is 0.222 e. The lowest BCUT2D eigenvalue weighted by Gasteiger charge is -2.23. The molecule has 1 unspecified atom stereocenters. The molecule has 1 aliphatic heterocycles. The van der Waals surface area contributed by atoms with E-state index < -0.39 is 0 Å². The van der Waals surface area contributed by atoms with Gasteiger partial charge in [-0.1, -0.05) is 33.1 Å². The maximum atomic E-state index is 11.9. The average molecular weight is 240 g/mol. The van der Waals surface area contributed by atoms with Crippen molar-refractivity contribution in [1.82, 2.24) is 10.6 Å². The van der Waals surface area contributed by atoms with Gasteiger partial charge in [0.25, 0.3) is 0 Å². The quantitative estimate of drug-likeness (QED) is 0.671. The highest BCUT2D eigenvalue weighted by Gasteiger charge is 2.16. The minimum absolute atomic E-state index is 0.184. The second kappa shape index (κ2) is 8.51. The summed E-state index contributed by atoms with van der Waals surface area (Å²) in [6.45, 7) is 7.33. The lowest BCUT2D eigenvalue weighted by atomic mass is 9.97. The number of piperidine rings is 1. The van der Waals surface area contributed by atoms with Crippen LogP contribution in [0.4, 0.5) is 0 Å². The van der Waals surface area contributed by atoms with Crippen LogP contribution in [0, 0.1) is 11.8 Å². The van der Waals surface area contributed by atoms with E-state index in [0.717, 1.165) is 26.1 Å². The molecule has 100 valence electrons. The zero-order valence-electron chi connectivity index (χ0n) is 11.4. The molecule has 1 heterocycles. The molecule has 0 bridgehead atoms. The number of hydrogen-bond donors (Lipinski definition) is 2. The number of carbonyl (C=O) groups is 1. The normalized spacial score (nSPS) is 18.9. The summed E-state index contributed by atoms with van der Waals surface area (Å²) in [4.78, 5) is 11.9. The number of nitrogens with one attached hydrogen (secondary N) is 2. The van der Waals surface area contributed by atoms with Crippen LogP contribution in [0.25, 0.3) is 0 Å². The minimum atomic E-state index is 0.184. The van der Waals surface area contributed by atoms with Crippen LogP contribution in [0.1, 0.15) is 52.4 Å². The van der Waals surface area contributed by atoms with Gasteiger partial charge in [0.05, 0.1) is 0 Å². The number of hydrogen-bond acceptors (Lipinski definition) is 2. The summed E-state index contributed by atoms with van der Waals surface area (Å²) < 4.78 is 0. The summed E-state index contributed by atoms with van der Waals surface area (Å²) in [6, 6.07) is 0. The first-order valence-corrected chi connectivity index (χ1v) is 7.22. The molecule has 1 atom stereocenters. The SMILES string of the molecule is CCCCCC(C)C(=O)NCC1CCNCC1. The van der Waals surface area contributed by atoms with E-state index in [2.05, 4.69) is 17.6 Å². The van der Waals surface area contributed by atoms with Crippen molar-refractivity contribution in [2.75, 3.05) is 19.6 Å². The average Bonchev–Trinajstić information content (AvgIpc) is 2.37. The Morgan fingerprint density at radius 3 is 2.71 bits per heavy atom. The zero-order valence-corrected chi connectivity index (χ0v) is 11.4. The molecule has 2 N–H and O–H groups in total. The summed E-state index contributed by atoms with van der Waals surface area (Å²) in [5.74, 6) is 1.12. The van der Waals surface area contributed by atoms with Crippen LogP contribution in [-0.2, 0) is 4.79 Å². The Labute approximate surface area is 106 Å². The predicted molar refractivity (Wildman–Crippen MR) is 71.9 cm³/mol. The van der Waals surface area contributed by atoms with Crippen molar-refractivity contribution in [3.63, 3.8) is 0 Å². The van der Waals surface area contributed by atoms with E-state index in [1.54, 1.807) is 0 Å². The number of amides is 1. The Morgan fingerprint density at radius 2 is 2.06 bits per heavy atom. The van der Waals surface area contributed by atoms with Crippen molar-refractivity contribution >= 4 is 5.91 Å². The van der Waals surface area contributed by atoms with Crippen molar-refractivity contribution in [3.8, 4) is 0 Å². The van der Waals surface area contributed by atoms with E-state index in [4.69, 9.17) is 0 Å². The summed E-state index contributed by atoms with van der Waals surface area (Å²) in [5.41, 5.74) is 0. The first kappa shape index (κ1) is 14.5. The fourth-order valence-corrected chi connectivity index (χ4v) is 2.34. The van der Waals surface area contributed by atoms with Crippen molar-refractivity contribution < 1.29 is 4.79 Å². The first-order valence-electron chi connectivity index (χ1n) is 7.22. The van der Waals surface area contributed by atoms with Gasteiger partial charge >= 0.3 is 0 Å². The molecule has 0 saturated carbocycles. The van der Waals surface area contributed by atoms with Gasteiger partial charge in [0.1, 0.15) is 0 Å². The Hall–Kier alpha value is -0.570. The third-order valence-electron chi connectivity index (χ3n) is 3.71. The summed E-state index contributed by atoms with van der Waals surface area (Å²) in [7, 11) is 0. The first-order chi connectivity index (χ1) is 8.24. The Bertz CT molecular complexity index is 212. The minimum Gasteiger partial charge on any atom is -0.356 e. The van der Waals surface area contributed by atoms with Gasteiger partial charge < -0.3 is 10.6 Å². The van der Waals surface area contributed by atoms with Gasteiger partial charge in [0.2, 0.25) is 5.91 Å². The molecule has 3 nitrogen and oxygen atoms in total. The molecular formula is C14H28N2O. The molecule has 0 aliphatic carbocycles. The van der Waals surface area contributed by atoms with Gasteiger partial charge in [0, 0.05) is 12.5 Å². The van der Waals surface area contributed by atoms with E-state index in [1.165, 1.54) is 32.1 Å². The molecule has 0 aromatic carbocycles. The van der Waals surface area contributed by atoms with Crippen LogP contribution < -0.4 is 10.6 Å². The Kier molecular flexibility index (Phi) is 7.25. The maximum absolute atomic E-state index is 11.9. The van der Waals surface area contributed by atoms with Crippen molar-refractivity contribution in [2.24, 2.45) is 11.8 Å². The van der Waals surface area contributed by atoms with E-state index >= 15 is 0 Å². The van der Waals surface area contributed by atoms with Crippen LogP contribution in [0.3, 0.4) is 0 Å². The lowest BCUT2D eigenvalue weighted by molar-refractivity contribution is -0.124. The highest BCUT2D eigenvalue weighted by Crippen LogP contribution is 2.12. The molecule has 0 aromatic rings. The largest absolute Gasteiger partial charge is 0.356 e. The molecule has 1 amide bonds. The molecule has 1 rings (SSSR count). The van der Waals surface area contributed by atoms with Crippen LogP contribution in [0.5, 0.6) is 0 Å². The second-order valence-electron chi connectivity index (χ2n) is 5.34. The van der Waals surface area contributed by atoms with E-state index in [-0.39, 0.29) is 11.8 Å². The van der Waals surface area contributed by atoms with Crippen LogP contribution >= 0.6 is 0 Å². The number of rotatable bonds is 7. The van der Waals surface area contributed by atoms with Gasteiger partial charge in [-0.15, -0.1) is 0 Å². The summed E-state index contributed by atoms with van der Waals surface area (Å²) >= 11 is 0. The third-order valence-corrected chi connectivity index (χ3v) is 3.71. The highest BCUT2D eigenvalue weighted by atomic mass is 16.1. The van der Waals surface area contributed by atoms with Crippen LogP contribution in [0.15, 0.2) is 0 Å². The monoisotopic (exact) mass is 240 g/mol. The van der Waals surface area contributed by atoms with Gasteiger partial charge in [0.15, 0.2) is 0 Å². The fourth-order valence-electron chi connectivity index (χ4n) is 2.34. The number of unbranched alkanes of at least 4 members (excludes halogenated alkanes) is 2. The van der Waals surface area contributed by atoms with Gasteiger partial charge in [-0.25, -0.2) is 0 Å². The fraction of sp³-hybridized carbons (Fsp3) is 0.929. The molecule has 1 aliphatic rings. The Balaban J connectivity index is 2.10. The molecule has 0 spiro atoms. The predicted octanol–water partition coefficient (Wildman–Crippen LogP) is 2.32. The topological polar surface area (TPSA) is 41.1 Å². The van der Waals surface area contributed by atoms with Crippen molar-refractivity contribution in [3.05, 3.63) is 0 Å².